The molecule has 0 fully saturated rings. The third-order valence-corrected chi connectivity index (χ3v) is 6.47. The number of para-hydroxylation sites is 2. The highest BCUT2D eigenvalue weighted by atomic mass is 16.2. The molecule has 186 valence electrons. The van der Waals surface area contributed by atoms with E-state index in [4.69, 9.17) is 0 Å². The van der Waals surface area contributed by atoms with Gasteiger partial charge < -0.3 is 20.1 Å². The Labute approximate surface area is 212 Å². The first-order valence-electron chi connectivity index (χ1n) is 12.4. The van der Waals surface area contributed by atoms with Crippen molar-refractivity contribution in [2.24, 2.45) is 0 Å². The lowest BCUT2D eigenvalue weighted by Gasteiger charge is -2.30. The predicted molar refractivity (Wildman–Crippen MR) is 146 cm³/mol. The summed E-state index contributed by atoms with van der Waals surface area (Å²) >= 11 is 0. The molecular weight excluding hydrogens is 448 g/mol. The standard InChI is InChI=1S/C30H34N4O2/c1-22(2)34(30(36)32-27-15-9-7-11-23(27)3)21-29(35)33(20-24-12-5-4-6-13-24)18-17-25-19-31-28-16-10-8-14-26(25)28/h4-16,19,22,31H,17-18,20-21H2,1-3H3,(H,32,36). The maximum absolute atomic E-state index is 13.6. The Kier molecular flexibility index (Phi) is 8.06. The van der Waals surface area contributed by atoms with Crippen molar-refractivity contribution >= 4 is 28.5 Å². The fraction of sp³-hybridized carbons (Fsp3) is 0.267. The van der Waals surface area contributed by atoms with Crippen LogP contribution in [-0.4, -0.2) is 45.9 Å². The van der Waals surface area contributed by atoms with Crippen LogP contribution in [0.15, 0.2) is 85.1 Å². The number of hydrogen-bond acceptors (Lipinski definition) is 2. The van der Waals surface area contributed by atoms with Gasteiger partial charge in [0.25, 0.3) is 0 Å². The van der Waals surface area contributed by atoms with Gasteiger partial charge in [-0.3, -0.25) is 4.79 Å². The van der Waals surface area contributed by atoms with Crippen molar-refractivity contribution in [1.82, 2.24) is 14.8 Å². The molecule has 3 aromatic carbocycles. The summed E-state index contributed by atoms with van der Waals surface area (Å²) in [7, 11) is 0. The summed E-state index contributed by atoms with van der Waals surface area (Å²) in [6.07, 6.45) is 2.74. The lowest BCUT2D eigenvalue weighted by Crippen LogP contribution is -2.47. The van der Waals surface area contributed by atoms with Gasteiger partial charge in [0.05, 0.1) is 0 Å². The molecule has 4 aromatic rings. The van der Waals surface area contributed by atoms with E-state index in [1.807, 2.05) is 98.6 Å². The van der Waals surface area contributed by atoms with Gasteiger partial charge in [-0.25, -0.2) is 4.79 Å². The van der Waals surface area contributed by atoms with Crippen LogP contribution >= 0.6 is 0 Å². The van der Waals surface area contributed by atoms with E-state index in [-0.39, 0.29) is 24.5 Å². The summed E-state index contributed by atoms with van der Waals surface area (Å²) in [5, 5.41) is 4.14. The Bertz CT molecular complexity index is 1310. The number of nitrogens with one attached hydrogen (secondary N) is 2. The number of amides is 3. The van der Waals surface area contributed by atoms with E-state index in [1.165, 1.54) is 10.9 Å². The number of benzene rings is 3. The van der Waals surface area contributed by atoms with Crippen molar-refractivity contribution < 1.29 is 9.59 Å². The van der Waals surface area contributed by atoms with Gasteiger partial charge in [0.15, 0.2) is 0 Å². The minimum atomic E-state index is -0.274. The zero-order valence-electron chi connectivity index (χ0n) is 21.2. The maximum atomic E-state index is 13.6. The number of nitrogens with zero attached hydrogens (tertiary/aromatic N) is 2. The van der Waals surface area contributed by atoms with E-state index >= 15 is 0 Å². The van der Waals surface area contributed by atoms with Crippen molar-refractivity contribution in [3.63, 3.8) is 0 Å². The minimum absolute atomic E-state index is 0.0100. The van der Waals surface area contributed by atoms with Gasteiger partial charge in [-0.2, -0.15) is 0 Å². The third kappa shape index (κ3) is 6.13. The van der Waals surface area contributed by atoms with Gasteiger partial charge in [-0.1, -0.05) is 66.7 Å². The summed E-state index contributed by atoms with van der Waals surface area (Å²) in [5.41, 5.74) is 5.05. The van der Waals surface area contributed by atoms with Gasteiger partial charge in [-0.05, 0) is 56.0 Å². The molecule has 0 radical (unpaired) electrons. The fourth-order valence-electron chi connectivity index (χ4n) is 4.32. The topological polar surface area (TPSA) is 68.4 Å². The molecule has 3 amide bonds. The lowest BCUT2D eigenvalue weighted by molar-refractivity contribution is -0.132. The second-order valence-corrected chi connectivity index (χ2v) is 9.38. The average Bonchev–Trinajstić information content (AvgIpc) is 3.29. The molecule has 0 saturated heterocycles. The van der Waals surface area contributed by atoms with Crippen LogP contribution in [0.2, 0.25) is 0 Å². The Balaban J connectivity index is 1.50. The number of carbonyl (C=O) groups excluding carboxylic acids is 2. The smallest absolute Gasteiger partial charge is 0.322 e. The Morgan fingerprint density at radius 2 is 1.61 bits per heavy atom. The number of aromatic amines is 1. The van der Waals surface area contributed by atoms with Crippen molar-refractivity contribution in [2.75, 3.05) is 18.4 Å². The van der Waals surface area contributed by atoms with Gasteiger partial charge in [-0.15, -0.1) is 0 Å². The second kappa shape index (κ2) is 11.6. The molecule has 0 saturated carbocycles. The number of rotatable bonds is 9. The van der Waals surface area contributed by atoms with Crippen LogP contribution in [-0.2, 0) is 17.8 Å². The number of aromatic nitrogens is 1. The fourth-order valence-corrected chi connectivity index (χ4v) is 4.32. The number of urea groups is 1. The molecule has 0 aliphatic carbocycles. The van der Waals surface area contributed by atoms with Gasteiger partial charge >= 0.3 is 6.03 Å². The normalized spacial score (nSPS) is 11.0. The first kappa shape index (κ1) is 25.0. The molecule has 0 aliphatic heterocycles. The van der Waals surface area contributed by atoms with Crippen molar-refractivity contribution in [3.8, 4) is 0 Å². The second-order valence-electron chi connectivity index (χ2n) is 9.38. The highest BCUT2D eigenvalue weighted by Crippen LogP contribution is 2.19. The van der Waals surface area contributed by atoms with E-state index in [0.29, 0.717) is 13.1 Å². The van der Waals surface area contributed by atoms with E-state index < -0.39 is 0 Å². The first-order valence-corrected chi connectivity index (χ1v) is 12.4. The summed E-state index contributed by atoms with van der Waals surface area (Å²) in [4.78, 5) is 33.5. The molecule has 2 N–H and O–H groups in total. The zero-order valence-corrected chi connectivity index (χ0v) is 21.2. The molecule has 0 unspecified atom stereocenters. The number of fused-ring (bicyclic) bond motifs is 1. The van der Waals surface area contributed by atoms with E-state index in [9.17, 15) is 9.59 Å². The van der Waals surface area contributed by atoms with E-state index in [2.05, 4.69) is 22.4 Å². The molecule has 1 heterocycles. The van der Waals surface area contributed by atoms with Crippen LogP contribution in [0.3, 0.4) is 0 Å². The SMILES string of the molecule is Cc1ccccc1NC(=O)N(CC(=O)N(CCc1c[nH]c2ccccc12)Cc1ccccc1)C(C)C. The molecule has 0 spiro atoms. The van der Waals surface area contributed by atoms with Gasteiger partial charge in [0, 0.05) is 41.9 Å². The Morgan fingerprint density at radius 3 is 2.36 bits per heavy atom. The zero-order chi connectivity index (χ0) is 25.5. The summed E-state index contributed by atoms with van der Waals surface area (Å²) in [5.74, 6) is -0.0765. The van der Waals surface area contributed by atoms with Gasteiger partial charge in [0.1, 0.15) is 6.54 Å². The summed E-state index contributed by atoms with van der Waals surface area (Å²) in [6.45, 7) is 6.87. The van der Waals surface area contributed by atoms with Crippen molar-refractivity contribution in [1.29, 1.82) is 0 Å². The van der Waals surface area contributed by atoms with Crippen LogP contribution in [0.25, 0.3) is 10.9 Å². The van der Waals surface area contributed by atoms with Crippen LogP contribution in [0, 0.1) is 6.92 Å². The largest absolute Gasteiger partial charge is 0.361 e. The average molecular weight is 483 g/mol. The van der Waals surface area contributed by atoms with E-state index in [0.717, 1.165) is 28.8 Å². The molecule has 0 atom stereocenters. The molecule has 0 aliphatic rings. The van der Waals surface area contributed by atoms with Crippen molar-refractivity contribution in [3.05, 3.63) is 102 Å². The number of carbonyl (C=O) groups is 2. The lowest BCUT2D eigenvalue weighted by atomic mass is 10.1. The third-order valence-electron chi connectivity index (χ3n) is 6.47. The van der Waals surface area contributed by atoms with Crippen LogP contribution in [0.5, 0.6) is 0 Å². The Hall–Kier alpha value is -4.06. The van der Waals surface area contributed by atoms with E-state index in [1.54, 1.807) is 4.90 Å². The van der Waals surface area contributed by atoms with Gasteiger partial charge in [0.2, 0.25) is 5.91 Å². The number of anilines is 1. The molecule has 4 rings (SSSR count). The van der Waals surface area contributed by atoms with Crippen LogP contribution in [0.1, 0.15) is 30.5 Å². The highest BCUT2D eigenvalue weighted by Gasteiger charge is 2.24. The molecular formula is C30H34N4O2. The molecule has 6 nitrogen and oxygen atoms in total. The molecule has 6 heteroatoms. The number of hydrogen-bond donors (Lipinski definition) is 2. The van der Waals surface area contributed by atoms with Crippen LogP contribution < -0.4 is 5.32 Å². The predicted octanol–water partition coefficient (Wildman–Crippen LogP) is 5.99. The number of aryl methyl sites for hydroxylation is 1. The molecule has 36 heavy (non-hydrogen) atoms. The molecule has 1 aromatic heterocycles. The van der Waals surface area contributed by atoms with Crippen molar-refractivity contribution in [2.45, 2.75) is 39.8 Å². The first-order chi connectivity index (χ1) is 17.4. The number of H-pyrrole nitrogens is 1. The summed E-state index contributed by atoms with van der Waals surface area (Å²) < 4.78 is 0. The monoisotopic (exact) mass is 482 g/mol. The summed E-state index contributed by atoms with van der Waals surface area (Å²) in [6, 6.07) is 25.4. The Morgan fingerprint density at radius 1 is 0.917 bits per heavy atom. The highest BCUT2D eigenvalue weighted by molar-refractivity contribution is 5.93. The maximum Gasteiger partial charge on any atom is 0.322 e. The van der Waals surface area contributed by atoms with Crippen LogP contribution in [0.4, 0.5) is 10.5 Å². The molecule has 0 bridgehead atoms. The quantitative estimate of drug-likeness (QED) is 0.308. The minimum Gasteiger partial charge on any atom is -0.361 e.